The van der Waals surface area contributed by atoms with Crippen LogP contribution >= 0.6 is 0 Å². The molecule has 0 rings (SSSR count). The number of aliphatic hydroxyl groups is 4. The minimum atomic E-state index is -1.95. The van der Waals surface area contributed by atoms with Gasteiger partial charge in [-0.05, 0) is 0 Å². The second-order valence-electron chi connectivity index (χ2n) is 3.29. The molecule has 0 saturated heterocycles. The van der Waals surface area contributed by atoms with Crippen molar-refractivity contribution in [2.45, 2.75) is 31.3 Å². The summed E-state index contributed by atoms with van der Waals surface area (Å²) < 4.78 is 4.28. The number of Topliss-reactive ketones (excluding diaryl/α,β-unsaturated/α-hetero) is 1. The smallest absolute Gasteiger partial charge is 1.00 e. The molecule has 4 N–H and O–H groups in total. The first kappa shape index (κ1) is 20.0. The molecule has 4 atom stereocenters. The summed E-state index contributed by atoms with van der Waals surface area (Å²) in [6.45, 7) is 0.0417. The van der Waals surface area contributed by atoms with Gasteiger partial charge in [0.2, 0.25) is 5.78 Å². The molecule has 0 bridgehead atoms. The van der Waals surface area contributed by atoms with Gasteiger partial charge in [-0.2, -0.15) is 0 Å². The van der Waals surface area contributed by atoms with Crippen molar-refractivity contribution in [2.75, 3.05) is 6.61 Å². The molecular weight excluding hydrogens is 259 g/mol. The summed E-state index contributed by atoms with van der Waals surface area (Å²) in [5.74, 6) is -2.34. The zero-order chi connectivity index (χ0) is 13.6. The van der Waals surface area contributed by atoms with E-state index in [-0.39, 0.29) is 37.3 Å². The number of carbonyl (C=O) groups excluding carboxylic acids is 3. The Labute approximate surface area is 126 Å². The van der Waals surface area contributed by atoms with Crippen LogP contribution in [0.25, 0.3) is 0 Å². The molecule has 0 radical (unpaired) electrons. The van der Waals surface area contributed by atoms with Crippen molar-refractivity contribution in [3.05, 3.63) is 0 Å². The predicted octanol–water partition coefficient (Wildman–Crippen LogP) is -6.12. The van der Waals surface area contributed by atoms with Gasteiger partial charge < -0.3 is 26.6 Å². The van der Waals surface area contributed by atoms with E-state index in [1.54, 1.807) is 0 Å². The van der Waals surface area contributed by atoms with Crippen molar-refractivity contribution in [1.29, 1.82) is 0 Å². The molecule has 0 unspecified atom stereocenters. The normalized spacial score (nSPS) is 16.7. The molecule has 0 aliphatic rings. The number of ether oxygens (including phenoxy) is 1. The van der Waals surface area contributed by atoms with Crippen molar-refractivity contribution in [1.82, 2.24) is 0 Å². The standard InChI is InChI=1S/C9H14O8.Na.H/c1-4(12)9(16)17-6(3-11)8(15)7(14)5(13)2-10;;/h3,5-8,10,13-15H,2H2,1H3;;/q;+1;-1/t5-,6+,7-,8-;;/m1../s1. The summed E-state index contributed by atoms with van der Waals surface area (Å²) in [4.78, 5) is 31.9. The van der Waals surface area contributed by atoms with E-state index < -0.39 is 42.8 Å². The fourth-order valence-corrected chi connectivity index (χ4v) is 0.915. The predicted molar refractivity (Wildman–Crippen MR) is 52.8 cm³/mol. The van der Waals surface area contributed by atoms with Crippen LogP contribution in [0.4, 0.5) is 0 Å². The molecule has 0 spiro atoms. The molecule has 0 fully saturated rings. The van der Waals surface area contributed by atoms with Crippen LogP contribution in [0.2, 0.25) is 0 Å². The van der Waals surface area contributed by atoms with Crippen LogP contribution in [0.5, 0.6) is 0 Å². The van der Waals surface area contributed by atoms with E-state index in [9.17, 15) is 24.6 Å². The van der Waals surface area contributed by atoms with E-state index in [0.717, 1.165) is 6.92 Å². The second-order valence-corrected chi connectivity index (χ2v) is 3.29. The molecule has 0 amide bonds. The van der Waals surface area contributed by atoms with Gasteiger partial charge in [0.15, 0.2) is 12.4 Å². The van der Waals surface area contributed by atoms with E-state index >= 15 is 0 Å². The Bertz CT molecular complexity index is 300. The zero-order valence-electron chi connectivity index (χ0n) is 11.0. The number of esters is 1. The van der Waals surface area contributed by atoms with Crippen LogP contribution in [0.15, 0.2) is 0 Å². The molecule has 0 aromatic rings. The van der Waals surface area contributed by atoms with Crippen LogP contribution < -0.4 is 29.6 Å². The molecule has 0 heterocycles. The molecule has 0 saturated carbocycles. The van der Waals surface area contributed by atoms with Gasteiger partial charge in [-0.3, -0.25) is 9.59 Å². The summed E-state index contributed by atoms with van der Waals surface area (Å²) in [6, 6.07) is 0. The van der Waals surface area contributed by atoms with E-state index in [0.29, 0.717) is 0 Å². The fraction of sp³-hybridized carbons (Fsp3) is 0.667. The summed E-state index contributed by atoms with van der Waals surface area (Å²) >= 11 is 0. The Morgan fingerprint density at radius 2 is 1.78 bits per heavy atom. The summed E-state index contributed by atoms with van der Waals surface area (Å²) in [6.07, 6.45) is -7.35. The minimum Gasteiger partial charge on any atom is -1.00 e. The van der Waals surface area contributed by atoms with Crippen LogP contribution in [0.3, 0.4) is 0 Å². The first-order valence-electron chi connectivity index (χ1n) is 4.67. The van der Waals surface area contributed by atoms with E-state index in [2.05, 4.69) is 4.74 Å². The first-order chi connectivity index (χ1) is 7.84. The van der Waals surface area contributed by atoms with Gasteiger partial charge in [-0.1, -0.05) is 0 Å². The molecule has 18 heavy (non-hydrogen) atoms. The number of rotatable bonds is 7. The van der Waals surface area contributed by atoms with E-state index in [1.807, 2.05) is 0 Å². The largest absolute Gasteiger partial charge is 1.00 e. The summed E-state index contributed by atoms with van der Waals surface area (Å²) in [5, 5.41) is 36.1. The Morgan fingerprint density at radius 1 is 1.28 bits per heavy atom. The van der Waals surface area contributed by atoms with Gasteiger partial charge in [-0.25, -0.2) is 4.79 Å². The van der Waals surface area contributed by atoms with Crippen LogP contribution in [0.1, 0.15) is 8.35 Å². The number of hydrogen-bond acceptors (Lipinski definition) is 8. The molecule has 100 valence electrons. The maximum Gasteiger partial charge on any atom is 1.00 e. The SMILES string of the molecule is CC(=O)C(=O)O[C@@H](C=O)[C@@H](O)[C@H](O)[C@H](O)CO.[H-].[Na+]. The Kier molecular flexibility index (Phi) is 10.6. The third-order valence-corrected chi connectivity index (χ3v) is 1.93. The molecule has 0 aliphatic carbocycles. The van der Waals surface area contributed by atoms with Gasteiger partial charge in [0.25, 0.3) is 0 Å². The molecular formula is C9H15NaO8. The number of hydrogen-bond donors (Lipinski definition) is 4. The van der Waals surface area contributed by atoms with Gasteiger partial charge in [0.05, 0.1) is 6.61 Å². The van der Waals surface area contributed by atoms with Crippen LogP contribution in [-0.4, -0.2) is 69.5 Å². The van der Waals surface area contributed by atoms with Crippen molar-refractivity contribution >= 4 is 18.0 Å². The maximum absolute atomic E-state index is 10.8. The van der Waals surface area contributed by atoms with Gasteiger partial charge in [0, 0.05) is 6.92 Å². The molecule has 0 aromatic carbocycles. The van der Waals surface area contributed by atoms with E-state index in [1.165, 1.54) is 0 Å². The molecule has 0 aromatic heterocycles. The Hall–Kier alpha value is -0.350. The van der Waals surface area contributed by atoms with Crippen LogP contribution in [0, 0.1) is 0 Å². The minimum absolute atomic E-state index is 0. The third kappa shape index (κ3) is 6.01. The third-order valence-electron chi connectivity index (χ3n) is 1.93. The molecule has 0 aliphatic heterocycles. The monoisotopic (exact) mass is 274 g/mol. The van der Waals surface area contributed by atoms with Crippen LogP contribution in [-0.2, 0) is 19.1 Å². The van der Waals surface area contributed by atoms with E-state index in [4.69, 9.17) is 10.2 Å². The summed E-state index contributed by atoms with van der Waals surface area (Å²) in [7, 11) is 0. The average Bonchev–Trinajstić information content (AvgIpc) is 2.32. The van der Waals surface area contributed by atoms with Gasteiger partial charge in [0.1, 0.15) is 18.3 Å². The Morgan fingerprint density at radius 3 is 2.11 bits per heavy atom. The number of carbonyl (C=O) groups is 3. The summed E-state index contributed by atoms with van der Waals surface area (Å²) in [5.41, 5.74) is 0. The topological polar surface area (TPSA) is 141 Å². The first-order valence-corrected chi connectivity index (χ1v) is 4.67. The fourth-order valence-electron chi connectivity index (χ4n) is 0.915. The molecule has 8 nitrogen and oxygen atoms in total. The Balaban J connectivity index is -0.00000128. The number of aliphatic hydroxyl groups excluding tert-OH is 4. The zero-order valence-corrected chi connectivity index (χ0v) is 12.0. The number of aldehydes is 1. The van der Waals surface area contributed by atoms with Gasteiger partial charge in [-0.15, -0.1) is 0 Å². The van der Waals surface area contributed by atoms with Gasteiger partial charge >= 0.3 is 35.5 Å². The van der Waals surface area contributed by atoms with Crippen molar-refractivity contribution in [3.63, 3.8) is 0 Å². The quantitative estimate of drug-likeness (QED) is 0.155. The maximum atomic E-state index is 10.8. The van der Waals surface area contributed by atoms with Crippen molar-refractivity contribution < 1.29 is 70.5 Å². The number of ketones is 1. The second kappa shape index (κ2) is 9.56. The average molecular weight is 274 g/mol. The van der Waals surface area contributed by atoms with Crippen molar-refractivity contribution in [3.8, 4) is 0 Å². The molecule has 9 heteroatoms. The van der Waals surface area contributed by atoms with Crippen molar-refractivity contribution in [2.24, 2.45) is 0 Å².